The van der Waals surface area contributed by atoms with Crippen molar-refractivity contribution in [1.82, 2.24) is 0 Å². The molecular weight excluding hydrogens is 424 g/mol. The first-order valence-corrected chi connectivity index (χ1v) is 13.9. The predicted octanol–water partition coefficient (Wildman–Crippen LogP) is 5.29. The molecule has 0 radical (unpaired) electrons. The maximum Gasteiger partial charge on any atom is 0.125 e. The van der Waals surface area contributed by atoms with Gasteiger partial charge >= 0.3 is 0 Å². The van der Waals surface area contributed by atoms with E-state index in [1.54, 1.807) is 0 Å². The number of hydrogen-bond donors (Lipinski definition) is 3. The minimum atomic E-state index is -0.549. The van der Waals surface area contributed by atoms with Gasteiger partial charge in [-0.2, -0.15) is 0 Å². The monoisotopic (exact) mass is 472 g/mol. The number of rotatable bonds is 2. The molecule has 3 N–H and O–H groups in total. The highest BCUT2D eigenvalue weighted by atomic mass is 16.3. The van der Waals surface area contributed by atoms with Crippen LogP contribution in [0.15, 0.2) is 11.6 Å². The summed E-state index contributed by atoms with van der Waals surface area (Å²) in [6, 6.07) is 0. The van der Waals surface area contributed by atoms with Crippen molar-refractivity contribution in [3.63, 3.8) is 0 Å². The zero-order valence-electron chi connectivity index (χ0n) is 22.4. The summed E-state index contributed by atoms with van der Waals surface area (Å²) in [6.45, 7) is 14.0. The first-order chi connectivity index (χ1) is 15.7. The third kappa shape index (κ3) is 2.85. The zero-order valence-corrected chi connectivity index (χ0v) is 22.4. The summed E-state index contributed by atoms with van der Waals surface area (Å²) < 4.78 is 0. The fourth-order valence-corrected chi connectivity index (χ4v) is 10.7. The van der Waals surface area contributed by atoms with Crippen molar-refractivity contribution >= 4 is 6.29 Å². The molecule has 5 aliphatic rings. The van der Waals surface area contributed by atoms with E-state index < -0.39 is 11.5 Å². The molecule has 0 aromatic rings. The lowest BCUT2D eigenvalue weighted by Gasteiger charge is -2.72. The molecule has 5 aliphatic carbocycles. The number of aliphatic hydroxyl groups is 3. The summed E-state index contributed by atoms with van der Waals surface area (Å²) in [4.78, 5) is 12.1. The minimum Gasteiger partial charge on any atom is -0.396 e. The Kier molecular flexibility index (Phi) is 5.44. The van der Waals surface area contributed by atoms with Gasteiger partial charge < -0.3 is 20.1 Å². The lowest BCUT2D eigenvalue weighted by Crippen LogP contribution is -2.67. The molecule has 0 aromatic carbocycles. The molecule has 4 nitrogen and oxygen atoms in total. The van der Waals surface area contributed by atoms with Crippen LogP contribution in [0.25, 0.3) is 0 Å². The number of aliphatic hydroxyl groups excluding tert-OH is 3. The number of aldehydes is 1. The Morgan fingerprint density at radius 2 is 1.62 bits per heavy atom. The second-order valence-electron chi connectivity index (χ2n) is 14.8. The van der Waals surface area contributed by atoms with Crippen LogP contribution < -0.4 is 0 Å². The Morgan fingerprint density at radius 3 is 2.26 bits per heavy atom. The van der Waals surface area contributed by atoms with Crippen LogP contribution in [0, 0.1) is 50.2 Å². The summed E-state index contributed by atoms with van der Waals surface area (Å²) in [6.07, 6.45) is 10.9. The van der Waals surface area contributed by atoms with Crippen LogP contribution in [0.1, 0.15) is 99.3 Å². The molecule has 4 heteroatoms. The molecule has 0 unspecified atom stereocenters. The molecule has 0 bridgehead atoms. The van der Waals surface area contributed by atoms with Crippen LogP contribution in [0.2, 0.25) is 0 Å². The van der Waals surface area contributed by atoms with Crippen molar-refractivity contribution in [3.05, 3.63) is 11.6 Å². The van der Waals surface area contributed by atoms with Gasteiger partial charge in [0.15, 0.2) is 0 Å². The molecule has 0 aromatic heterocycles. The van der Waals surface area contributed by atoms with Crippen molar-refractivity contribution in [1.29, 1.82) is 0 Å². The van der Waals surface area contributed by atoms with Gasteiger partial charge in [-0.1, -0.05) is 53.2 Å². The van der Waals surface area contributed by atoms with Crippen LogP contribution in [-0.4, -0.2) is 40.4 Å². The molecule has 0 saturated heterocycles. The van der Waals surface area contributed by atoms with Crippen molar-refractivity contribution in [3.8, 4) is 0 Å². The van der Waals surface area contributed by atoms with E-state index >= 15 is 0 Å². The van der Waals surface area contributed by atoms with Crippen molar-refractivity contribution in [2.24, 2.45) is 50.2 Å². The standard InChI is InChI=1S/C30H48O4/c1-25(2)21-9-12-28(5)22(27(21,4)11-10-23(25)33)8-7-19-20-15-26(3,17-31)13-14-30(20,18-32)24(34)16-29(19,28)6/h7,17,20-24,32-34H,8-16,18H2,1-6H3/t20-,21-,22+,23-,24+,26+,27-,28+,29+,30+/m0/s1. The molecule has 0 amide bonds. The highest BCUT2D eigenvalue weighted by molar-refractivity contribution is 5.59. The predicted molar refractivity (Wildman–Crippen MR) is 134 cm³/mol. The topological polar surface area (TPSA) is 77.8 Å². The highest BCUT2D eigenvalue weighted by Crippen LogP contribution is 2.75. The molecule has 0 aliphatic heterocycles. The highest BCUT2D eigenvalue weighted by Gasteiger charge is 2.69. The van der Waals surface area contributed by atoms with E-state index in [2.05, 4.69) is 47.6 Å². The van der Waals surface area contributed by atoms with Gasteiger partial charge in [-0.25, -0.2) is 0 Å². The van der Waals surface area contributed by atoms with Crippen LogP contribution in [0.5, 0.6) is 0 Å². The Hall–Kier alpha value is -0.710. The number of hydrogen-bond acceptors (Lipinski definition) is 4. The molecular formula is C30H48O4. The van der Waals surface area contributed by atoms with Gasteiger partial charge in [0, 0.05) is 10.8 Å². The second-order valence-corrected chi connectivity index (χ2v) is 14.8. The van der Waals surface area contributed by atoms with E-state index in [1.807, 2.05) is 0 Å². The summed E-state index contributed by atoms with van der Waals surface area (Å²) in [5, 5.41) is 33.2. The molecule has 192 valence electrons. The largest absolute Gasteiger partial charge is 0.396 e. The maximum absolute atomic E-state index is 12.1. The molecule has 4 saturated carbocycles. The first-order valence-electron chi connectivity index (χ1n) is 13.9. The number of carbonyl (C=O) groups is 1. The van der Waals surface area contributed by atoms with Gasteiger partial charge in [0.2, 0.25) is 0 Å². The van der Waals surface area contributed by atoms with Gasteiger partial charge in [-0.05, 0) is 97.2 Å². The van der Waals surface area contributed by atoms with Gasteiger partial charge in [-0.15, -0.1) is 0 Å². The number of fused-ring (bicyclic) bond motifs is 7. The Morgan fingerprint density at radius 1 is 0.912 bits per heavy atom. The Balaban J connectivity index is 1.61. The SMILES string of the molecule is CC1(C)[C@@H](O)CC[C@]2(C)[C@H]3CC=C4[C@@H]5C[C@](C)(C=O)CC[C@]5(CO)[C@H](O)C[C@@]4(C)[C@]3(C)CC[C@@H]12. The molecule has 34 heavy (non-hydrogen) atoms. The van der Waals surface area contributed by atoms with E-state index in [9.17, 15) is 20.1 Å². The van der Waals surface area contributed by atoms with Crippen LogP contribution in [-0.2, 0) is 4.79 Å². The fraction of sp³-hybridized carbons (Fsp3) is 0.900. The molecule has 0 heterocycles. The number of carbonyl (C=O) groups excluding carboxylic acids is 1. The van der Waals surface area contributed by atoms with Gasteiger partial charge in [0.1, 0.15) is 6.29 Å². The van der Waals surface area contributed by atoms with Gasteiger partial charge in [0.25, 0.3) is 0 Å². The molecule has 0 spiro atoms. The average Bonchev–Trinajstić information content (AvgIpc) is 2.77. The van der Waals surface area contributed by atoms with E-state index in [-0.39, 0.29) is 45.7 Å². The van der Waals surface area contributed by atoms with Gasteiger partial charge in [-0.3, -0.25) is 0 Å². The zero-order chi connectivity index (χ0) is 24.9. The molecule has 5 rings (SSSR count). The fourth-order valence-electron chi connectivity index (χ4n) is 10.7. The number of allylic oxidation sites excluding steroid dienone is 2. The lowest BCUT2D eigenvalue weighted by atomic mass is 9.33. The maximum atomic E-state index is 12.1. The van der Waals surface area contributed by atoms with Crippen molar-refractivity contribution < 1.29 is 20.1 Å². The molecule has 10 atom stereocenters. The van der Waals surface area contributed by atoms with E-state index in [0.29, 0.717) is 24.7 Å². The quantitative estimate of drug-likeness (QED) is 0.377. The van der Waals surface area contributed by atoms with Crippen LogP contribution >= 0.6 is 0 Å². The van der Waals surface area contributed by atoms with Gasteiger partial charge in [0.05, 0.1) is 18.8 Å². The van der Waals surface area contributed by atoms with Crippen LogP contribution in [0.3, 0.4) is 0 Å². The smallest absolute Gasteiger partial charge is 0.125 e. The normalized spacial score (nSPS) is 56.3. The van der Waals surface area contributed by atoms with E-state index in [0.717, 1.165) is 51.2 Å². The summed E-state index contributed by atoms with van der Waals surface area (Å²) in [5.74, 6) is 1.07. The molecule has 4 fully saturated rings. The third-order valence-electron chi connectivity index (χ3n) is 13.2. The second kappa shape index (κ2) is 7.42. The lowest BCUT2D eigenvalue weighted by molar-refractivity contribution is -0.218. The Labute approximate surface area is 206 Å². The van der Waals surface area contributed by atoms with Crippen molar-refractivity contribution in [2.45, 2.75) is 112 Å². The Bertz CT molecular complexity index is 894. The minimum absolute atomic E-state index is 0.00675. The summed E-state index contributed by atoms with van der Waals surface area (Å²) >= 11 is 0. The third-order valence-corrected chi connectivity index (χ3v) is 13.2. The summed E-state index contributed by atoms with van der Waals surface area (Å²) in [7, 11) is 0. The van der Waals surface area contributed by atoms with Crippen LogP contribution in [0.4, 0.5) is 0 Å². The van der Waals surface area contributed by atoms with E-state index in [1.165, 1.54) is 5.57 Å². The average molecular weight is 473 g/mol. The van der Waals surface area contributed by atoms with E-state index in [4.69, 9.17) is 0 Å². The van der Waals surface area contributed by atoms with Crippen molar-refractivity contribution in [2.75, 3.05) is 6.61 Å². The first kappa shape index (κ1) is 25.0. The summed E-state index contributed by atoms with van der Waals surface area (Å²) in [5.41, 5.74) is 0.526.